The van der Waals surface area contributed by atoms with Crippen molar-refractivity contribution in [3.8, 4) is 0 Å². The van der Waals surface area contributed by atoms with Crippen LogP contribution < -0.4 is 10.9 Å². The maximum Gasteiger partial charge on any atom is 0.299 e. The molecule has 0 aliphatic carbocycles. The predicted molar refractivity (Wildman–Crippen MR) is 43.2 cm³/mol. The minimum absolute atomic E-state index is 0.444. The molecule has 0 radical (unpaired) electrons. The van der Waals surface area contributed by atoms with Crippen molar-refractivity contribution in [1.82, 2.24) is 4.98 Å². The highest BCUT2D eigenvalue weighted by atomic mass is 32.1. The number of amides is 1. The summed E-state index contributed by atoms with van der Waals surface area (Å²) in [4.78, 5) is 14.3. The smallest absolute Gasteiger partial charge is 0.260 e. The molecule has 0 spiro atoms. The number of carbonyl (C=O) groups excluding carboxylic acids is 1. The normalized spacial score (nSPS) is 9.40. The minimum Gasteiger partial charge on any atom is -0.260 e. The van der Waals surface area contributed by atoms with E-state index in [-0.39, 0.29) is 0 Å². The van der Waals surface area contributed by atoms with Gasteiger partial charge in [-0.2, -0.15) is 0 Å². The second kappa shape index (κ2) is 3.00. The average Bonchev–Trinajstić information content (AvgIpc) is 2.36. The number of rotatable bonds is 1. The first-order valence-corrected chi connectivity index (χ1v) is 3.71. The largest absolute Gasteiger partial charge is 0.299 e. The summed E-state index contributed by atoms with van der Waals surface area (Å²) < 4.78 is 0. The summed E-state index contributed by atoms with van der Waals surface area (Å²) >= 11 is 4.79. The van der Waals surface area contributed by atoms with Gasteiger partial charge in [0.05, 0.1) is 0 Å². The van der Waals surface area contributed by atoms with Crippen molar-refractivity contribution >= 4 is 34.3 Å². The molecular weight excluding hydrogens is 170 g/mol. The van der Waals surface area contributed by atoms with Crippen LogP contribution in [0.15, 0.2) is 11.6 Å². The van der Waals surface area contributed by atoms with Crippen LogP contribution in [0, 0.1) is 0 Å². The summed E-state index contributed by atoms with van der Waals surface area (Å²) in [5.41, 5.74) is 0. The fraction of sp³-hybridized carbons (Fsp3) is 0. The lowest BCUT2D eigenvalue weighted by molar-refractivity contribution is 0.265. The van der Waals surface area contributed by atoms with Crippen LogP contribution in [-0.4, -0.2) is 10.2 Å². The molecule has 4 nitrogen and oxygen atoms in total. The van der Waals surface area contributed by atoms with Crippen molar-refractivity contribution in [1.29, 1.82) is 0 Å². The lowest BCUT2D eigenvalue weighted by atomic mass is 11.0. The van der Waals surface area contributed by atoms with Crippen molar-refractivity contribution in [3.63, 3.8) is 0 Å². The van der Waals surface area contributed by atoms with Gasteiger partial charge < -0.3 is 0 Å². The van der Waals surface area contributed by atoms with Crippen molar-refractivity contribution in [2.75, 3.05) is 5.01 Å². The van der Waals surface area contributed by atoms with Crippen LogP contribution in [0.4, 0.5) is 9.93 Å². The van der Waals surface area contributed by atoms with E-state index in [4.69, 9.17) is 5.84 Å². The lowest BCUT2D eigenvalue weighted by Gasteiger charge is -2.07. The molecule has 6 heteroatoms. The first kappa shape index (κ1) is 7.52. The van der Waals surface area contributed by atoms with E-state index >= 15 is 0 Å². The number of hydrazine groups is 1. The number of nitrogens with zero attached hydrogens (tertiary/aromatic N) is 2. The maximum absolute atomic E-state index is 10.5. The topological polar surface area (TPSA) is 59.2 Å². The zero-order chi connectivity index (χ0) is 7.56. The third-order valence-electron chi connectivity index (χ3n) is 0.831. The van der Waals surface area contributed by atoms with Gasteiger partial charge in [0.2, 0.25) is 5.13 Å². The van der Waals surface area contributed by atoms with Gasteiger partial charge in [0, 0.05) is 11.6 Å². The van der Waals surface area contributed by atoms with E-state index < -0.39 is 5.24 Å². The van der Waals surface area contributed by atoms with Gasteiger partial charge in [-0.25, -0.2) is 15.8 Å². The van der Waals surface area contributed by atoms with Crippen LogP contribution in [0.3, 0.4) is 0 Å². The van der Waals surface area contributed by atoms with Crippen molar-refractivity contribution < 1.29 is 4.79 Å². The molecule has 1 amide bonds. The molecule has 0 atom stereocenters. The third kappa shape index (κ3) is 1.47. The van der Waals surface area contributed by atoms with Gasteiger partial charge in [-0.15, -0.1) is 11.3 Å². The fourth-order valence-corrected chi connectivity index (χ4v) is 1.14. The molecule has 0 aliphatic heterocycles. The fourth-order valence-electron chi connectivity index (χ4n) is 0.417. The molecule has 1 heterocycles. The number of nitrogens with two attached hydrogens (primary N) is 1. The molecule has 1 rings (SSSR count). The number of carbonyl (C=O) groups is 1. The third-order valence-corrected chi connectivity index (χ3v) is 1.82. The van der Waals surface area contributed by atoms with Gasteiger partial charge in [0.25, 0.3) is 5.24 Å². The monoisotopic (exact) mass is 175 g/mol. The summed E-state index contributed by atoms with van der Waals surface area (Å²) in [6.45, 7) is 0. The van der Waals surface area contributed by atoms with Gasteiger partial charge in [0.15, 0.2) is 0 Å². The molecule has 0 aliphatic rings. The van der Waals surface area contributed by atoms with Crippen molar-refractivity contribution in [2.45, 2.75) is 0 Å². The van der Waals surface area contributed by atoms with Gasteiger partial charge in [-0.05, 0) is 0 Å². The highest BCUT2D eigenvalue weighted by molar-refractivity contribution is 7.96. The van der Waals surface area contributed by atoms with Gasteiger partial charge >= 0.3 is 0 Å². The number of hydrogen-bond acceptors (Lipinski definition) is 4. The van der Waals surface area contributed by atoms with E-state index in [1.54, 1.807) is 11.6 Å². The molecule has 0 saturated heterocycles. The molecule has 2 N–H and O–H groups in total. The van der Waals surface area contributed by atoms with E-state index in [1.807, 2.05) is 0 Å². The Bertz CT molecular complexity index is 222. The standard InChI is InChI=1S/C4H5N3OS2/c5-7(4(8)9)3-6-1-2-10-3/h1-2H,5H2,(H,8,9). The first-order valence-electron chi connectivity index (χ1n) is 2.39. The Balaban J connectivity index is 2.77. The zero-order valence-electron chi connectivity index (χ0n) is 4.89. The summed E-state index contributed by atoms with van der Waals surface area (Å²) in [6.07, 6.45) is 1.57. The maximum atomic E-state index is 10.5. The van der Waals surface area contributed by atoms with Crippen LogP contribution in [0.1, 0.15) is 0 Å². The van der Waals surface area contributed by atoms with E-state index in [2.05, 4.69) is 17.6 Å². The summed E-state index contributed by atoms with van der Waals surface area (Å²) in [6, 6.07) is 0. The number of anilines is 1. The Labute approximate surface area is 67.0 Å². The number of thiazole rings is 1. The lowest BCUT2D eigenvalue weighted by Crippen LogP contribution is -2.32. The van der Waals surface area contributed by atoms with Crippen molar-refractivity contribution in [2.24, 2.45) is 5.84 Å². The van der Waals surface area contributed by atoms with Crippen LogP contribution in [0.5, 0.6) is 0 Å². The molecular formula is C4H5N3OS2. The van der Waals surface area contributed by atoms with Crippen LogP contribution in [0.25, 0.3) is 0 Å². The molecule has 0 fully saturated rings. The molecule has 0 aromatic carbocycles. The van der Waals surface area contributed by atoms with Crippen molar-refractivity contribution in [3.05, 3.63) is 11.6 Å². The van der Waals surface area contributed by atoms with Gasteiger partial charge in [-0.1, -0.05) is 12.6 Å². The van der Waals surface area contributed by atoms with Crippen LogP contribution in [0.2, 0.25) is 0 Å². The molecule has 0 unspecified atom stereocenters. The Morgan fingerprint density at radius 1 is 1.90 bits per heavy atom. The first-order chi connectivity index (χ1) is 4.72. The summed E-state index contributed by atoms with van der Waals surface area (Å²) in [5, 5.41) is 2.54. The minimum atomic E-state index is -0.519. The van der Waals surface area contributed by atoms with Gasteiger partial charge in [0.1, 0.15) is 0 Å². The Hall–Kier alpha value is -0.590. The second-order valence-corrected chi connectivity index (χ2v) is 2.72. The van der Waals surface area contributed by atoms with E-state index in [0.717, 1.165) is 5.01 Å². The molecule has 10 heavy (non-hydrogen) atoms. The number of hydrogen-bond donors (Lipinski definition) is 2. The number of thiol groups is 1. The Morgan fingerprint density at radius 3 is 3.00 bits per heavy atom. The quantitative estimate of drug-likeness (QED) is 0.288. The summed E-state index contributed by atoms with van der Waals surface area (Å²) in [5.74, 6) is 5.24. The van der Waals surface area contributed by atoms with E-state index in [0.29, 0.717) is 5.13 Å². The predicted octanol–water partition coefficient (Wildman–Crippen LogP) is 0.873. The molecule has 0 bridgehead atoms. The molecule has 54 valence electrons. The second-order valence-electron chi connectivity index (χ2n) is 1.47. The van der Waals surface area contributed by atoms with E-state index in [9.17, 15) is 4.79 Å². The Kier molecular flexibility index (Phi) is 2.25. The molecule has 1 aromatic heterocycles. The SMILES string of the molecule is NN(C(=O)S)c1nccs1. The van der Waals surface area contributed by atoms with Gasteiger partial charge in [-0.3, -0.25) is 4.79 Å². The van der Waals surface area contributed by atoms with Crippen LogP contribution >= 0.6 is 24.0 Å². The van der Waals surface area contributed by atoms with E-state index in [1.165, 1.54) is 11.3 Å². The highest BCUT2D eigenvalue weighted by Crippen LogP contribution is 2.14. The number of aromatic nitrogens is 1. The Morgan fingerprint density at radius 2 is 2.60 bits per heavy atom. The highest BCUT2D eigenvalue weighted by Gasteiger charge is 2.07. The average molecular weight is 175 g/mol. The molecule has 1 aromatic rings. The molecule has 0 saturated carbocycles. The summed E-state index contributed by atoms with van der Waals surface area (Å²) in [7, 11) is 0. The van der Waals surface area contributed by atoms with Crippen LogP contribution in [-0.2, 0) is 0 Å². The zero-order valence-corrected chi connectivity index (χ0v) is 6.60.